The lowest BCUT2D eigenvalue weighted by atomic mass is 9.92. The lowest BCUT2D eigenvalue weighted by Crippen LogP contribution is -2.48. The molecule has 1 saturated carbocycles. The number of likely N-dealkylation sites (tertiary alicyclic amines) is 1. The van der Waals surface area contributed by atoms with Crippen molar-refractivity contribution in [2.24, 2.45) is 10.9 Å². The molecular formula is C20H30IN3O2. The predicted molar refractivity (Wildman–Crippen MR) is 115 cm³/mol. The van der Waals surface area contributed by atoms with E-state index in [0.29, 0.717) is 0 Å². The number of carbonyl (C=O) groups excluding carboxylic acids is 1. The van der Waals surface area contributed by atoms with Crippen LogP contribution in [-0.2, 0) is 14.9 Å². The zero-order valence-corrected chi connectivity index (χ0v) is 18.3. The third kappa shape index (κ3) is 4.50. The van der Waals surface area contributed by atoms with Crippen LogP contribution in [0.2, 0.25) is 0 Å². The standard InChI is InChI=1S/C20H29N3O2.HI/c1-15-6-4-5-7-17(15)20(10-11-20)14-22-19(21-2)23-12-8-16(9-13-23)18(24)25-3;/h4-7,16H,8-14H2,1-3H3,(H,21,22);1H. The quantitative estimate of drug-likeness (QED) is 0.318. The molecule has 1 aliphatic carbocycles. The van der Waals surface area contributed by atoms with Crippen LogP contribution in [0, 0.1) is 12.8 Å². The number of nitrogens with zero attached hydrogens (tertiary/aromatic N) is 2. The van der Waals surface area contributed by atoms with Crippen LogP contribution in [-0.4, -0.2) is 50.6 Å². The van der Waals surface area contributed by atoms with Crippen LogP contribution in [0.3, 0.4) is 0 Å². The molecule has 1 heterocycles. The average molecular weight is 471 g/mol. The van der Waals surface area contributed by atoms with Gasteiger partial charge in [0, 0.05) is 32.1 Å². The molecule has 26 heavy (non-hydrogen) atoms. The van der Waals surface area contributed by atoms with E-state index in [1.807, 2.05) is 7.05 Å². The van der Waals surface area contributed by atoms with Gasteiger partial charge in [-0.15, -0.1) is 24.0 Å². The average Bonchev–Trinajstić information content (AvgIpc) is 3.43. The molecule has 0 unspecified atom stereocenters. The number of guanidine groups is 1. The number of halogens is 1. The largest absolute Gasteiger partial charge is 0.469 e. The molecule has 2 fully saturated rings. The number of methoxy groups -OCH3 is 1. The van der Waals surface area contributed by atoms with Crippen LogP contribution in [0.1, 0.15) is 36.8 Å². The molecule has 0 amide bonds. The van der Waals surface area contributed by atoms with Crippen LogP contribution in [0.25, 0.3) is 0 Å². The summed E-state index contributed by atoms with van der Waals surface area (Å²) in [5.41, 5.74) is 3.09. The van der Waals surface area contributed by atoms with Gasteiger partial charge in [0.2, 0.25) is 0 Å². The van der Waals surface area contributed by atoms with Gasteiger partial charge >= 0.3 is 5.97 Å². The first-order valence-corrected chi connectivity index (χ1v) is 9.19. The van der Waals surface area contributed by atoms with Crippen molar-refractivity contribution in [2.75, 3.05) is 33.8 Å². The maximum absolute atomic E-state index is 11.7. The summed E-state index contributed by atoms with van der Waals surface area (Å²) < 4.78 is 4.87. The van der Waals surface area contributed by atoms with Gasteiger partial charge in [0.25, 0.3) is 0 Å². The highest BCUT2D eigenvalue weighted by Crippen LogP contribution is 2.48. The summed E-state index contributed by atoms with van der Waals surface area (Å²) in [6.07, 6.45) is 4.12. The van der Waals surface area contributed by atoms with E-state index >= 15 is 0 Å². The predicted octanol–water partition coefficient (Wildman–Crippen LogP) is 3.11. The molecule has 0 spiro atoms. The summed E-state index contributed by atoms with van der Waals surface area (Å²) in [7, 11) is 3.30. The second kappa shape index (κ2) is 9.06. The Morgan fingerprint density at radius 2 is 1.96 bits per heavy atom. The van der Waals surface area contributed by atoms with Gasteiger partial charge in [0.1, 0.15) is 0 Å². The minimum Gasteiger partial charge on any atom is -0.469 e. The fraction of sp³-hybridized carbons (Fsp3) is 0.600. The van der Waals surface area contributed by atoms with E-state index in [2.05, 4.69) is 46.4 Å². The van der Waals surface area contributed by atoms with Gasteiger partial charge in [0.05, 0.1) is 13.0 Å². The Balaban J connectivity index is 0.00000243. The van der Waals surface area contributed by atoms with Gasteiger partial charge in [-0.3, -0.25) is 9.79 Å². The molecular weight excluding hydrogens is 441 g/mol. The summed E-state index contributed by atoms with van der Waals surface area (Å²) in [4.78, 5) is 18.4. The van der Waals surface area contributed by atoms with Crippen LogP contribution in [0.15, 0.2) is 29.3 Å². The third-order valence-corrected chi connectivity index (χ3v) is 5.70. The van der Waals surface area contributed by atoms with E-state index in [-0.39, 0.29) is 41.3 Å². The number of nitrogens with one attached hydrogen (secondary N) is 1. The second-order valence-electron chi connectivity index (χ2n) is 7.28. The van der Waals surface area contributed by atoms with Crippen molar-refractivity contribution in [2.45, 2.75) is 38.0 Å². The lowest BCUT2D eigenvalue weighted by molar-refractivity contribution is -0.146. The van der Waals surface area contributed by atoms with Crippen molar-refractivity contribution in [1.29, 1.82) is 0 Å². The molecule has 0 bridgehead atoms. The Hall–Kier alpha value is -1.31. The van der Waals surface area contributed by atoms with E-state index in [0.717, 1.165) is 38.4 Å². The summed E-state index contributed by atoms with van der Waals surface area (Å²) >= 11 is 0. The van der Waals surface area contributed by atoms with Gasteiger partial charge in [-0.2, -0.15) is 0 Å². The van der Waals surface area contributed by atoms with Crippen molar-refractivity contribution in [1.82, 2.24) is 10.2 Å². The topological polar surface area (TPSA) is 53.9 Å². The van der Waals surface area contributed by atoms with Crippen molar-refractivity contribution in [3.05, 3.63) is 35.4 Å². The number of carbonyl (C=O) groups is 1. The van der Waals surface area contributed by atoms with Crippen molar-refractivity contribution in [3.8, 4) is 0 Å². The molecule has 1 aromatic rings. The summed E-state index contributed by atoms with van der Waals surface area (Å²) in [6, 6.07) is 8.69. The van der Waals surface area contributed by atoms with Crippen molar-refractivity contribution >= 4 is 35.9 Å². The number of benzene rings is 1. The van der Waals surface area contributed by atoms with Crippen molar-refractivity contribution < 1.29 is 9.53 Å². The molecule has 5 nitrogen and oxygen atoms in total. The van der Waals surface area contributed by atoms with Gasteiger partial charge in [-0.25, -0.2) is 0 Å². The molecule has 1 aromatic carbocycles. The zero-order valence-electron chi connectivity index (χ0n) is 16.0. The Morgan fingerprint density at radius 3 is 2.50 bits per heavy atom. The van der Waals surface area contributed by atoms with Crippen LogP contribution in [0.4, 0.5) is 0 Å². The summed E-state index contributed by atoms with van der Waals surface area (Å²) in [6.45, 7) is 4.80. The third-order valence-electron chi connectivity index (χ3n) is 5.70. The number of piperidine rings is 1. The highest BCUT2D eigenvalue weighted by molar-refractivity contribution is 14.0. The maximum Gasteiger partial charge on any atom is 0.308 e. The normalized spacial score (nSPS) is 19.5. The first kappa shape index (κ1) is 21.0. The molecule has 3 rings (SSSR count). The fourth-order valence-corrected chi connectivity index (χ4v) is 3.93. The van der Waals surface area contributed by atoms with E-state index < -0.39 is 0 Å². The first-order valence-electron chi connectivity index (χ1n) is 9.19. The number of ether oxygens (including phenoxy) is 1. The number of hydrogen-bond donors (Lipinski definition) is 1. The van der Waals surface area contributed by atoms with Gasteiger partial charge in [-0.1, -0.05) is 24.3 Å². The minimum absolute atomic E-state index is 0. The van der Waals surface area contributed by atoms with Crippen LogP contribution in [0.5, 0.6) is 0 Å². The van der Waals surface area contributed by atoms with E-state index in [1.54, 1.807) is 0 Å². The molecule has 144 valence electrons. The molecule has 2 aliphatic rings. The smallest absolute Gasteiger partial charge is 0.308 e. The zero-order chi connectivity index (χ0) is 17.9. The van der Waals surface area contributed by atoms with E-state index in [9.17, 15) is 4.79 Å². The minimum atomic E-state index is -0.0842. The SMILES string of the molecule is CN=C(NCC1(c2ccccc2C)CC1)N1CCC(C(=O)OC)CC1.I. The number of aliphatic imine (C=N–C) groups is 1. The maximum atomic E-state index is 11.7. The second-order valence-corrected chi connectivity index (χ2v) is 7.28. The number of esters is 1. The molecule has 1 N–H and O–H groups in total. The highest BCUT2D eigenvalue weighted by Gasteiger charge is 2.45. The van der Waals surface area contributed by atoms with Gasteiger partial charge in [-0.05, 0) is 43.7 Å². The summed E-state index contributed by atoms with van der Waals surface area (Å²) in [5, 5.41) is 3.59. The first-order chi connectivity index (χ1) is 12.1. The van der Waals surface area contributed by atoms with Crippen molar-refractivity contribution in [3.63, 3.8) is 0 Å². The lowest BCUT2D eigenvalue weighted by Gasteiger charge is -2.34. The molecule has 0 atom stereocenters. The fourth-order valence-electron chi connectivity index (χ4n) is 3.93. The number of aryl methyl sites for hydroxylation is 1. The Labute approximate surface area is 173 Å². The highest BCUT2D eigenvalue weighted by atomic mass is 127. The molecule has 6 heteroatoms. The van der Waals surface area contributed by atoms with E-state index in [4.69, 9.17) is 4.74 Å². The molecule has 0 aromatic heterocycles. The molecule has 1 aliphatic heterocycles. The van der Waals surface area contributed by atoms with Gasteiger partial charge in [0.15, 0.2) is 5.96 Å². The van der Waals surface area contributed by atoms with Crippen LogP contribution < -0.4 is 5.32 Å². The van der Waals surface area contributed by atoms with Crippen LogP contribution >= 0.6 is 24.0 Å². The Kier molecular flexibility index (Phi) is 7.32. The number of rotatable bonds is 4. The molecule has 1 saturated heterocycles. The number of hydrogen-bond acceptors (Lipinski definition) is 3. The van der Waals surface area contributed by atoms with Gasteiger partial charge < -0.3 is 15.0 Å². The monoisotopic (exact) mass is 471 g/mol. The summed E-state index contributed by atoms with van der Waals surface area (Å²) in [5.74, 6) is 0.892. The molecule has 0 radical (unpaired) electrons. The Morgan fingerprint density at radius 1 is 1.31 bits per heavy atom. The Bertz CT molecular complexity index is 650. The van der Waals surface area contributed by atoms with E-state index in [1.165, 1.54) is 31.1 Å².